The third-order valence-electron chi connectivity index (χ3n) is 13.8. The van der Waals surface area contributed by atoms with Crippen molar-refractivity contribution in [2.24, 2.45) is 17.8 Å². The molecule has 2 bridgehead atoms. The molecule has 11 atom stereocenters. The van der Waals surface area contributed by atoms with E-state index in [1.807, 2.05) is 6.92 Å². The minimum Gasteiger partial charge on any atom is -0.462 e. The first-order chi connectivity index (χ1) is 36.7. The molecule has 0 amide bonds. The molecule has 8 N–H and O–H groups in total. The summed E-state index contributed by atoms with van der Waals surface area (Å²) < 4.78 is 59.0. The summed E-state index contributed by atoms with van der Waals surface area (Å²) in [5, 5.41) is 45.7. The Balaban J connectivity index is 1.67. The summed E-state index contributed by atoms with van der Waals surface area (Å²) >= 11 is 0. The number of nitrogens with zero attached hydrogens (tertiary/aromatic N) is 2. The van der Waals surface area contributed by atoms with Gasteiger partial charge < -0.3 is 50.2 Å². The number of cyclic esters (lactones) is 1. The lowest BCUT2D eigenvalue weighted by molar-refractivity contribution is -0.186. The van der Waals surface area contributed by atoms with Gasteiger partial charge in [-0.3, -0.25) is 28.0 Å². The Labute approximate surface area is 455 Å². The molecule has 21 nitrogen and oxygen atoms in total. The van der Waals surface area contributed by atoms with E-state index in [9.17, 15) is 58.5 Å². The van der Waals surface area contributed by atoms with Crippen molar-refractivity contribution in [1.82, 2.24) is 9.55 Å². The number of aromatic nitrogens is 2. The van der Waals surface area contributed by atoms with Crippen LogP contribution >= 0.6 is 15.6 Å². The normalized spacial score (nSPS) is 28.1. The Hall–Kier alpha value is -3.17. The molecule has 0 spiro atoms. The van der Waals surface area contributed by atoms with Gasteiger partial charge in [0.1, 0.15) is 36.6 Å². The van der Waals surface area contributed by atoms with E-state index < -0.39 is 120 Å². The number of ketones is 1. The summed E-state index contributed by atoms with van der Waals surface area (Å²) in [5.41, 5.74) is 4.75. The van der Waals surface area contributed by atoms with Gasteiger partial charge in [0.2, 0.25) is 0 Å². The smallest absolute Gasteiger partial charge is 0.462 e. The Kier molecular flexibility index (Phi) is 33.3. The first-order valence-electron chi connectivity index (χ1n) is 28.3. The lowest BCUT2D eigenvalue weighted by atomic mass is 9.83. The molecule has 77 heavy (non-hydrogen) atoms. The lowest BCUT2D eigenvalue weighted by Crippen LogP contribution is -2.51. The number of hydrogen-bond acceptors (Lipinski definition) is 18. The van der Waals surface area contributed by atoms with Crippen molar-refractivity contribution in [3.63, 3.8) is 0 Å². The van der Waals surface area contributed by atoms with Crippen LogP contribution in [0.25, 0.3) is 0 Å². The van der Waals surface area contributed by atoms with E-state index in [-0.39, 0.29) is 37.9 Å². The van der Waals surface area contributed by atoms with Crippen molar-refractivity contribution in [1.29, 1.82) is 0 Å². The number of anilines is 1. The number of unbranched alkanes of at least 4 members (excludes halogenated alkanes) is 17. The molecule has 2 aliphatic heterocycles. The fourth-order valence-electron chi connectivity index (χ4n) is 9.31. The molecule has 3 rings (SSSR count). The Morgan fingerprint density at radius 1 is 0.831 bits per heavy atom. The number of carbonyl (C=O) groups is 3. The van der Waals surface area contributed by atoms with Crippen molar-refractivity contribution in [2.75, 3.05) is 25.6 Å². The monoisotopic (exact) mass is 1130 g/mol. The number of nitrogen functional groups attached to an aromatic ring is 1. The molecule has 2 aliphatic rings. The highest BCUT2D eigenvalue weighted by Gasteiger charge is 2.45. The fourth-order valence-corrected chi connectivity index (χ4v) is 11.4. The molecule has 2 unspecified atom stereocenters. The number of Topliss-reactive ketones (excluding diaryl/α,β-unsaturated/α-hetero) is 1. The predicted molar refractivity (Wildman–Crippen MR) is 290 cm³/mol. The van der Waals surface area contributed by atoms with Crippen LogP contribution in [0.5, 0.6) is 0 Å². The van der Waals surface area contributed by atoms with Crippen LogP contribution in [0.2, 0.25) is 0 Å². The summed E-state index contributed by atoms with van der Waals surface area (Å²) in [6.07, 6.45) is 17.3. The number of nitrogens with two attached hydrogens (primary N) is 1. The van der Waals surface area contributed by atoms with Gasteiger partial charge in [-0.25, -0.2) is 13.9 Å². The van der Waals surface area contributed by atoms with Gasteiger partial charge in [-0.15, -0.1) is 0 Å². The second-order valence-electron chi connectivity index (χ2n) is 21.1. The molecule has 0 saturated carbocycles. The molecule has 1 fully saturated rings. The van der Waals surface area contributed by atoms with Gasteiger partial charge in [-0.1, -0.05) is 167 Å². The quantitative estimate of drug-likeness (QED) is 0.0178. The van der Waals surface area contributed by atoms with Crippen LogP contribution in [0.3, 0.4) is 0 Å². The van der Waals surface area contributed by atoms with Crippen molar-refractivity contribution < 1.29 is 81.3 Å². The molecular weight excluding hydrogens is 1040 g/mol. The van der Waals surface area contributed by atoms with E-state index in [1.165, 1.54) is 101 Å². The zero-order chi connectivity index (χ0) is 56.6. The zero-order valence-electron chi connectivity index (χ0n) is 45.9. The van der Waals surface area contributed by atoms with Crippen LogP contribution in [0.4, 0.5) is 5.82 Å². The zero-order valence-corrected chi connectivity index (χ0v) is 47.7. The van der Waals surface area contributed by atoms with Gasteiger partial charge in [0.15, 0.2) is 6.10 Å². The number of fused-ring (bicyclic) bond motifs is 3. The van der Waals surface area contributed by atoms with Crippen LogP contribution < -0.4 is 11.4 Å². The first kappa shape index (κ1) is 68.1. The summed E-state index contributed by atoms with van der Waals surface area (Å²) in [7, 11) is -11.3. The summed E-state index contributed by atoms with van der Waals surface area (Å²) in [6, 6.07) is 1.23. The van der Waals surface area contributed by atoms with Gasteiger partial charge in [-0.05, 0) is 44.1 Å². The summed E-state index contributed by atoms with van der Waals surface area (Å²) in [4.78, 5) is 78.2. The van der Waals surface area contributed by atoms with E-state index in [1.54, 1.807) is 12.2 Å². The highest BCUT2D eigenvalue weighted by molar-refractivity contribution is 7.61. The SMILES string of the molecule is CCCCC[C@H](O)C=C[C@H]1C(=O)C[C@H](O)[C@@H]2CC=CCCCC(=O)O[C@H](COC(=O)CCCCCCCCCCCCCCCCCCC(C)C)COP(=O)(O)OP(=O)(O)OC[C@@H](O[C@H]2n2ccc(N)nc2=O)[C@@H](O)[C@H]1O. The molecule has 0 aliphatic carbocycles. The van der Waals surface area contributed by atoms with Crippen LogP contribution in [0.1, 0.15) is 200 Å². The molecule has 0 aromatic carbocycles. The van der Waals surface area contributed by atoms with Gasteiger partial charge in [0, 0.05) is 31.4 Å². The number of ether oxygens (including phenoxy) is 3. The largest absolute Gasteiger partial charge is 0.481 e. The number of rotatable bonds is 28. The maximum Gasteiger partial charge on any atom is 0.481 e. The second-order valence-corrected chi connectivity index (χ2v) is 24.1. The van der Waals surface area contributed by atoms with Gasteiger partial charge in [-0.2, -0.15) is 9.29 Å². The third-order valence-corrected chi connectivity index (χ3v) is 16.4. The Morgan fingerprint density at radius 3 is 2.01 bits per heavy atom. The standard InChI is InChI=1S/C54H93N3O18P2/c1-4-5-22-28-41(58)32-33-43-45(59)36-46(60)44-29-24-20-21-26-31-50(62)73-42(37-70-49(61)30-25-19-17-15-13-11-9-7-6-8-10-12-14-16-18-23-27-40(2)3)38-71-76(66,67)75-77(68,69)72-39-47(52(64)51(43)63)74-53(44)57-35-34-48(55)56-54(57)65/h20,24,32-35,40-44,46-47,51-53,58,60,63-64H,4-19,21-23,25-31,36-39H2,1-3H3,(H,66,67)(H,68,69)(H2,55,56,65)/t41-,42+,43-,44-,46-,47+,51-,52+,53+/m0/s1. The average Bonchev–Trinajstić information content (AvgIpc) is 3.36. The molecule has 1 aromatic heterocycles. The third kappa shape index (κ3) is 28.7. The number of carbonyl (C=O) groups excluding carboxylic acids is 3. The molecule has 442 valence electrons. The van der Waals surface area contributed by atoms with Crippen LogP contribution in [0.15, 0.2) is 41.4 Å². The number of allylic oxidation sites excluding steroid dienone is 2. The minimum absolute atomic E-state index is 0.0804. The maximum absolute atomic E-state index is 14.0. The molecule has 0 radical (unpaired) electrons. The molecule has 1 saturated heterocycles. The van der Waals surface area contributed by atoms with E-state index in [2.05, 4.69) is 23.1 Å². The van der Waals surface area contributed by atoms with Crippen molar-refractivity contribution >= 4 is 39.2 Å². The average molecular weight is 1130 g/mol. The molecule has 1 aromatic rings. The highest BCUT2D eigenvalue weighted by Crippen LogP contribution is 2.60. The van der Waals surface area contributed by atoms with E-state index in [4.69, 9.17) is 29.0 Å². The summed E-state index contributed by atoms with van der Waals surface area (Å²) in [5.74, 6) is -4.39. The number of aliphatic hydroxyl groups excluding tert-OH is 4. The minimum atomic E-state index is -5.72. The van der Waals surface area contributed by atoms with Crippen LogP contribution in [0, 0.1) is 17.8 Å². The fraction of sp³-hybridized carbons (Fsp3) is 0.796. The highest BCUT2D eigenvalue weighted by atomic mass is 31.3. The van der Waals surface area contributed by atoms with Crippen LogP contribution in [-0.4, -0.2) is 114 Å². The molecular formula is C54H93N3O18P2. The van der Waals surface area contributed by atoms with E-state index >= 15 is 0 Å². The Morgan fingerprint density at radius 2 is 1.42 bits per heavy atom. The van der Waals surface area contributed by atoms with Crippen molar-refractivity contribution in [2.45, 2.75) is 237 Å². The van der Waals surface area contributed by atoms with E-state index in [0.29, 0.717) is 19.3 Å². The predicted octanol–water partition coefficient (Wildman–Crippen LogP) is 9.01. The number of hydrogen-bond donors (Lipinski definition) is 7. The first-order valence-corrected chi connectivity index (χ1v) is 31.3. The van der Waals surface area contributed by atoms with Gasteiger partial charge in [0.05, 0.1) is 37.4 Å². The summed E-state index contributed by atoms with van der Waals surface area (Å²) in [6.45, 7) is 3.81. The van der Waals surface area contributed by atoms with E-state index in [0.717, 1.165) is 49.0 Å². The van der Waals surface area contributed by atoms with Crippen molar-refractivity contribution in [3.05, 3.63) is 47.1 Å². The maximum atomic E-state index is 14.0. The van der Waals surface area contributed by atoms with Crippen LogP contribution in [-0.2, 0) is 51.1 Å². The number of esters is 2. The Bertz CT molecular complexity index is 2070. The topological polar surface area (TPSA) is 323 Å². The lowest BCUT2D eigenvalue weighted by Gasteiger charge is -2.39. The van der Waals surface area contributed by atoms with Gasteiger partial charge in [0.25, 0.3) is 0 Å². The molecule has 23 heteroatoms. The van der Waals surface area contributed by atoms with Gasteiger partial charge >= 0.3 is 33.3 Å². The second kappa shape index (κ2) is 37.7. The molecule has 3 heterocycles. The number of phosphoric acid groups is 2. The number of phosphoric ester groups is 2. The number of aliphatic hydroxyl groups is 4. The van der Waals surface area contributed by atoms with Crippen molar-refractivity contribution in [3.8, 4) is 0 Å².